The molecule has 112 valence electrons. The normalized spacial score (nSPS) is 14.9. The summed E-state index contributed by atoms with van der Waals surface area (Å²) in [6, 6.07) is 6.03. The second kappa shape index (κ2) is 6.95. The fraction of sp³-hybridized carbons (Fsp3) is 0.625. The van der Waals surface area contributed by atoms with E-state index in [-0.39, 0.29) is 12.0 Å². The Kier molecular flexibility index (Phi) is 5.26. The smallest absolute Gasteiger partial charge is 0.165 e. The van der Waals surface area contributed by atoms with Crippen molar-refractivity contribution in [3.05, 3.63) is 23.8 Å². The molecular formula is C16H25NO3. The van der Waals surface area contributed by atoms with Crippen molar-refractivity contribution in [3.8, 4) is 11.5 Å². The Bertz CT molecular complexity index is 432. The molecule has 0 unspecified atom stereocenters. The van der Waals surface area contributed by atoms with Gasteiger partial charge in [0.2, 0.25) is 0 Å². The average Bonchev–Trinajstić information content (AvgIpc) is 2.64. The molecule has 0 saturated carbocycles. The van der Waals surface area contributed by atoms with Crippen molar-refractivity contribution >= 4 is 0 Å². The highest BCUT2D eigenvalue weighted by Gasteiger charge is 2.18. The lowest BCUT2D eigenvalue weighted by Crippen LogP contribution is -2.30. The lowest BCUT2D eigenvalue weighted by atomic mass is 9.90. The molecule has 2 rings (SSSR count). The first-order valence-electron chi connectivity index (χ1n) is 7.31. The lowest BCUT2D eigenvalue weighted by Gasteiger charge is -2.24. The van der Waals surface area contributed by atoms with Gasteiger partial charge in [0, 0.05) is 31.7 Å². The Labute approximate surface area is 121 Å². The van der Waals surface area contributed by atoms with Crippen LogP contribution < -0.4 is 14.8 Å². The fourth-order valence-electron chi connectivity index (χ4n) is 2.32. The highest BCUT2D eigenvalue weighted by Crippen LogP contribution is 2.33. The summed E-state index contributed by atoms with van der Waals surface area (Å²) in [6.07, 6.45) is 1.72. The van der Waals surface area contributed by atoms with Crippen LogP contribution in [0.2, 0.25) is 0 Å². The van der Waals surface area contributed by atoms with Gasteiger partial charge in [-0.25, -0.2) is 0 Å². The number of ether oxygens (including phenoxy) is 2. The number of rotatable bonds is 6. The van der Waals surface area contributed by atoms with E-state index < -0.39 is 0 Å². The largest absolute Gasteiger partial charge is 0.490 e. The molecule has 4 heteroatoms. The highest BCUT2D eigenvalue weighted by atomic mass is 16.5. The molecule has 2 N–H and O–H groups in total. The van der Waals surface area contributed by atoms with Gasteiger partial charge >= 0.3 is 0 Å². The molecule has 0 saturated heterocycles. The van der Waals surface area contributed by atoms with Gasteiger partial charge in [-0.3, -0.25) is 0 Å². The molecule has 1 aliphatic heterocycles. The van der Waals surface area contributed by atoms with Crippen molar-refractivity contribution < 1.29 is 14.6 Å². The second-order valence-corrected chi connectivity index (χ2v) is 6.04. The van der Waals surface area contributed by atoms with E-state index in [0.29, 0.717) is 13.2 Å². The predicted molar refractivity (Wildman–Crippen MR) is 79.2 cm³/mol. The van der Waals surface area contributed by atoms with Crippen molar-refractivity contribution in [1.82, 2.24) is 5.32 Å². The van der Waals surface area contributed by atoms with E-state index in [4.69, 9.17) is 14.6 Å². The number of para-hydroxylation sites is 1. The number of benzene rings is 1. The van der Waals surface area contributed by atoms with Crippen molar-refractivity contribution in [2.75, 3.05) is 26.4 Å². The molecular weight excluding hydrogens is 254 g/mol. The van der Waals surface area contributed by atoms with Crippen LogP contribution in [0.15, 0.2) is 18.2 Å². The maximum atomic E-state index is 9.04. The molecule has 1 aliphatic rings. The quantitative estimate of drug-likeness (QED) is 0.839. The summed E-state index contributed by atoms with van der Waals surface area (Å²) in [5, 5.41) is 12.5. The summed E-state index contributed by atoms with van der Waals surface area (Å²) in [6.45, 7) is 7.57. The van der Waals surface area contributed by atoms with Crippen LogP contribution in [-0.2, 0) is 6.54 Å². The Morgan fingerprint density at radius 3 is 2.85 bits per heavy atom. The van der Waals surface area contributed by atoms with Crippen LogP contribution in [-0.4, -0.2) is 31.5 Å². The number of hydrogen-bond acceptors (Lipinski definition) is 4. The molecule has 0 spiro atoms. The van der Waals surface area contributed by atoms with Crippen LogP contribution in [0.25, 0.3) is 0 Å². The van der Waals surface area contributed by atoms with Crippen LogP contribution in [0.4, 0.5) is 0 Å². The number of fused-ring (bicyclic) bond motifs is 1. The average molecular weight is 279 g/mol. The molecule has 0 fully saturated rings. The van der Waals surface area contributed by atoms with E-state index >= 15 is 0 Å². The maximum Gasteiger partial charge on any atom is 0.165 e. The third-order valence-electron chi connectivity index (χ3n) is 3.56. The Morgan fingerprint density at radius 2 is 2.05 bits per heavy atom. The van der Waals surface area contributed by atoms with Gasteiger partial charge in [0.1, 0.15) is 0 Å². The summed E-state index contributed by atoms with van der Waals surface area (Å²) < 4.78 is 11.5. The van der Waals surface area contributed by atoms with Gasteiger partial charge in [-0.2, -0.15) is 0 Å². The van der Waals surface area contributed by atoms with Gasteiger partial charge in [-0.15, -0.1) is 0 Å². The van der Waals surface area contributed by atoms with E-state index in [0.717, 1.165) is 43.0 Å². The molecule has 0 amide bonds. The van der Waals surface area contributed by atoms with E-state index in [1.807, 2.05) is 12.1 Å². The van der Waals surface area contributed by atoms with Crippen molar-refractivity contribution in [3.63, 3.8) is 0 Å². The third kappa shape index (κ3) is 4.12. The van der Waals surface area contributed by atoms with E-state index in [2.05, 4.69) is 25.2 Å². The number of hydrogen-bond donors (Lipinski definition) is 2. The van der Waals surface area contributed by atoms with Crippen LogP contribution in [0.3, 0.4) is 0 Å². The first-order chi connectivity index (χ1) is 9.62. The predicted octanol–water partition coefficient (Wildman–Crippen LogP) is 2.35. The topological polar surface area (TPSA) is 50.7 Å². The number of aliphatic hydroxyl groups is 1. The number of aliphatic hydroxyl groups excluding tert-OH is 1. The fourth-order valence-corrected chi connectivity index (χ4v) is 2.32. The minimum absolute atomic E-state index is 0.0951. The molecule has 1 heterocycles. The molecule has 0 bridgehead atoms. The molecule has 0 radical (unpaired) electrons. The first-order valence-corrected chi connectivity index (χ1v) is 7.31. The summed E-state index contributed by atoms with van der Waals surface area (Å²) in [5.41, 5.74) is 1.22. The van der Waals surface area contributed by atoms with Gasteiger partial charge in [-0.1, -0.05) is 26.0 Å². The minimum atomic E-state index is 0.0951. The molecule has 20 heavy (non-hydrogen) atoms. The zero-order chi connectivity index (χ0) is 14.4. The minimum Gasteiger partial charge on any atom is -0.490 e. The summed E-state index contributed by atoms with van der Waals surface area (Å²) in [4.78, 5) is 0. The van der Waals surface area contributed by atoms with Crippen LogP contribution >= 0.6 is 0 Å². The standard InChI is InChI=1S/C16H25NO3/c1-16(2,7-8-18)12-17-11-13-5-3-6-14-15(13)20-10-4-9-19-14/h3,5-6,17-18H,4,7-12H2,1-2H3. The van der Waals surface area contributed by atoms with Crippen LogP contribution in [0.5, 0.6) is 11.5 Å². The summed E-state index contributed by atoms with van der Waals surface area (Å²) in [7, 11) is 0. The van der Waals surface area contributed by atoms with Crippen molar-refractivity contribution in [2.24, 2.45) is 5.41 Å². The molecule has 0 aliphatic carbocycles. The molecule has 0 atom stereocenters. The zero-order valence-electron chi connectivity index (χ0n) is 12.4. The maximum absolute atomic E-state index is 9.04. The monoisotopic (exact) mass is 279 g/mol. The van der Waals surface area contributed by atoms with Crippen molar-refractivity contribution in [2.45, 2.75) is 33.2 Å². The second-order valence-electron chi connectivity index (χ2n) is 6.04. The van der Waals surface area contributed by atoms with Crippen LogP contribution in [0, 0.1) is 5.41 Å². The van der Waals surface area contributed by atoms with Gasteiger partial charge < -0.3 is 19.9 Å². The van der Waals surface area contributed by atoms with E-state index in [9.17, 15) is 0 Å². The summed E-state index contributed by atoms with van der Waals surface area (Å²) >= 11 is 0. The third-order valence-corrected chi connectivity index (χ3v) is 3.56. The molecule has 4 nitrogen and oxygen atoms in total. The first kappa shape index (κ1) is 15.1. The molecule has 1 aromatic carbocycles. The molecule has 0 aromatic heterocycles. The van der Waals surface area contributed by atoms with Crippen LogP contribution in [0.1, 0.15) is 32.3 Å². The zero-order valence-corrected chi connectivity index (χ0v) is 12.4. The SMILES string of the molecule is CC(C)(CCO)CNCc1cccc2c1OCCCO2. The Hall–Kier alpha value is -1.26. The van der Waals surface area contributed by atoms with E-state index in [1.165, 1.54) is 0 Å². The Morgan fingerprint density at radius 1 is 1.25 bits per heavy atom. The van der Waals surface area contributed by atoms with Gasteiger partial charge in [-0.05, 0) is 17.9 Å². The number of nitrogens with one attached hydrogen (secondary N) is 1. The van der Waals surface area contributed by atoms with Crippen molar-refractivity contribution in [1.29, 1.82) is 0 Å². The lowest BCUT2D eigenvalue weighted by molar-refractivity contribution is 0.206. The van der Waals surface area contributed by atoms with Gasteiger partial charge in [0.05, 0.1) is 13.2 Å². The highest BCUT2D eigenvalue weighted by molar-refractivity contribution is 5.47. The van der Waals surface area contributed by atoms with Gasteiger partial charge in [0.15, 0.2) is 11.5 Å². The van der Waals surface area contributed by atoms with Gasteiger partial charge in [0.25, 0.3) is 0 Å². The molecule has 1 aromatic rings. The Balaban J connectivity index is 1.96. The van der Waals surface area contributed by atoms with E-state index in [1.54, 1.807) is 0 Å². The summed E-state index contributed by atoms with van der Waals surface area (Å²) in [5.74, 6) is 1.72.